The predicted molar refractivity (Wildman–Crippen MR) is 131 cm³/mol. The van der Waals surface area contributed by atoms with Gasteiger partial charge in [-0.3, -0.25) is 8.37 Å². The molecule has 0 radical (unpaired) electrons. The molecule has 0 saturated carbocycles. The van der Waals surface area contributed by atoms with E-state index in [0.29, 0.717) is 19.4 Å². The van der Waals surface area contributed by atoms with Crippen LogP contribution in [0.2, 0.25) is 38.3 Å². The van der Waals surface area contributed by atoms with Gasteiger partial charge in [0.2, 0.25) is 0 Å². The van der Waals surface area contributed by atoms with Crippen LogP contribution in [0.1, 0.15) is 32.6 Å². The molecule has 0 aromatic rings. The third kappa shape index (κ3) is 19.6. The van der Waals surface area contributed by atoms with Gasteiger partial charge < -0.3 is 0 Å². The van der Waals surface area contributed by atoms with Crippen LogP contribution in [0.25, 0.3) is 0 Å². The molecule has 0 bridgehead atoms. The molecule has 11 heteroatoms. The van der Waals surface area contributed by atoms with Crippen molar-refractivity contribution in [2.45, 2.75) is 70.9 Å². The molecule has 0 aromatic carbocycles. The highest BCUT2D eigenvalue weighted by molar-refractivity contribution is 7.86. The average Bonchev–Trinajstić information content (AvgIpc) is 2.68. The van der Waals surface area contributed by atoms with E-state index in [0.717, 1.165) is 32.0 Å². The van der Waals surface area contributed by atoms with Crippen molar-refractivity contribution in [2.75, 3.05) is 26.1 Å². The van der Waals surface area contributed by atoms with Crippen LogP contribution in [-0.2, 0) is 33.1 Å². The fourth-order valence-corrected chi connectivity index (χ4v) is 6.10. The molecule has 0 spiro atoms. The minimum atomic E-state index is -3.75. The molecule has 0 aromatic heterocycles. The van der Waals surface area contributed by atoms with Crippen LogP contribution in [0.3, 0.4) is 0 Å². The van der Waals surface area contributed by atoms with Crippen molar-refractivity contribution in [3.63, 3.8) is 0 Å². The Morgan fingerprint density at radius 1 is 0.800 bits per heavy atom. The Bertz CT molecular complexity index is 688. The summed E-state index contributed by atoms with van der Waals surface area (Å²) in [6.45, 7) is 18.8. The summed E-state index contributed by atoms with van der Waals surface area (Å²) in [5.41, 5.74) is 4.01. The van der Waals surface area contributed by atoms with E-state index in [9.17, 15) is 16.8 Å². The summed E-state index contributed by atoms with van der Waals surface area (Å²) < 4.78 is 57.8. The van der Waals surface area contributed by atoms with Crippen LogP contribution in [-0.4, -0.2) is 59.1 Å². The molecule has 0 aliphatic carbocycles. The van der Waals surface area contributed by atoms with Crippen molar-refractivity contribution >= 4 is 36.7 Å². The first kappa shape index (κ1) is 31.9. The van der Waals surface area contributed by atoms with Gasteiger partial charge in [0, 0.05) is 0 Å². The van der Waals surface area contributed by atoms with E-state index in [-0.39, 0.29) is 12.4 Å². The molecule has 0 aliphatic rings. The number of hydrogen-bond acceptors (Lipinski definition) is 7. The number of rotatable bonds is 16. The lowest BCUT2D eigenvalue weighted by molar-refractivity contribution is 0.243. The number of hydrogen-bond donors (Lipinski definition) is 0. The Morgan fingerprint density at radius 3 is 1.60 bits per heavy atom. The van der Waals surface area contributed by atoms with Gasteiger partial charge in [0.05, 0.1) is 42.2 Å². The first-order valence-corrected chi connectivity index (χ1v) is 19.7. The minimum Gasteiger partial charge on any atom is -0.270 e. The third-order valence-electron chi connectivity index (χ3n) is 4.48. The highest BCUT2D eigenvalue weighted by Gasteiger charge is 2.17. The van der Waals surface area contributed by atoms with Crippen molar-refractivity contribution in [3.05, 3.63) is 24.6 Å². The largest absolute Gasteiger partial charge is 0.399 e. The fraction of sp³-hybridized carbons (Fsp3) is 0.789. The first-order valence-electron chi connectivity index (χ1n) is 10.2. The van der Waals surface area contributed by atoms with Gasteiger partial charge in [0.1, 0.15) is 0 Å². The van der Waals surface area contributed by atoms with Gasteiger partial charge in [-0.2, -0.15) is 16.8 Å². The van der Waals surface area contributed by atoms with Crippen molar-refractivity contribution in [1.82, 2.24) is 0 Å². The van der Waals surface area contributed by atoms with E-state index in [1.807, 2.05) is 18.3 Å². The Balaban J connectivity index is 0. The fourth-order valence-electron chi connectivity index (χ4n) is 2.03. The zero-order valence-electron chi connectivity index (χ0n) is 19.6. The summed E-state index contributed by atoms with van der Waals surface area (Å²) in [5.74, 6) is 0.145. The van der Waals surface area contributed by atoms with Crippen molar-refractivity contribution in [3.8, 4) is 0 Å². The second kappa shape index (κ2) is 15.5. The van der Waals surface area contributed by atoms with E-state index in [4.69, 9.17) is 4.18 Å². The molecule has 0 aliphatic heterocycles. The Labute approximate surface area is 187 Å². The highest BCUT2D eigenvalue weighted by atomic mass is 32.3. The van der Waals surface area contributed by atoms with E-state index in [2.05, 4.69) is 47.7 Å². The highest BCUT2D eigenvalue weighted by Crippen LogP contribution is 2.14. The van der Waals surface area contributed by atoms with Crippen molar-refractivity contribution in [2.24, 2.45) is 0 Å². The van der Waals surface area contributed by atoms with E-state index < -0.39 is 36.7 Å². The quantitative estimate of drug-likeness (QED) is 0.172. The summed E-state index contributed by atoms with van der Waals surface area (Å²) in [6.07, 6.45) is 3.07. The Hall–Kier alpha value is -0.306. The molecular formula is C19H42O7S2Si2. The van der Waals surface area contributed by atoms with Crippen LogP contribution >= 0.6 is 0 Å². The summed E-state index contributed by atoms with van der Waals surface area (Å²) in [7, 11) is -8.60. The van der Waals surface area contributed by atoms with E-state index >= 15 is 0 Å². The standard InChI is InChI=1S/C11H24O3SSi.C8H18O4SSi/c1-5-7-10-15(12,13)14-9-8-11-16(3,4)6-2;1-5-14(3,4)8-6-7-12-13(9,10)11-2/h6H,2,5,7-11H2,1,3-4H3;5H,1,6-8H2,2-4H3. The topological polar surface area (TPSA) is 96.0 Å². The second-order valence-corrected chi connectivity index (χ2v) is 21.3. The molecule has 0 fully saturated rings. The van der Waals surface area contributed by atoms with Crippen LogP contribution in [0.4, 0.5) is 0 Å². The van der Waals surface area contributed by atoms with E-state index in [1.54, 1.807) is 0 Å². The molecule has 0 atom stereocenters. The molecule has 30 heavy (non-hydrogen) atoms. The monoisotopic (exact) mass is 502 g/mol. The van der Waals surface area contributed by atoms with Gasteiger partial charge in [-0.05, 0) is 19.3 Å². The van der Waals surface area contributed by atoms with Gasteiger partial charge in [0.15, 0.2) is 0 Å². The molecule has 0 unspecified atom stereocenters. The normalized spacial score (nSPS) is 12.7. The second-order valence-electron chi connectivity index (χ2n) is 8.43. The molecular weight excluding hydrogens is 461 g/mol. The molecule has 0 saturated heterocycles. The molecule has 0 rings (SSSR count). The van der Waals surface area contributed by atoms with Gasteiger partial charge in [0.25, 0.3) is 10.1 Å². The molecule has 0 N–H and O–H groups in total. The third-order valence-corrected chi connectivity index (χ3v) is 12.2. The van der Waals surface area contributed by atoms with Gasteiger partial charge >= 0.3 is 10.4 Å². The first-order chi connectivity index (χ1) is 13.7. The zero-order chi connectivity index (χ0) is 23.9. The maximum Gasteiger partial charge on any atom is 0.399 e. The molecule has 0 amide bonds. The van der Waals surface area contributed by atoms with Gasteiger partial charge in [-0.1, -0.05) is 51.6 Å². The minimum absolute atomic E-state index is 0.145. The van der Waals surface area contributed by atoms with Gasteiger partial charge in [-0.25, -0.2) is 4.18 Å². The molecule has 7 nitrogen and oxygen atoms in total. The van der Waals surface area contributed by atoms with Crippen molar-refractivity contribution < 1.29 is 29.4 Å². The number of unbranched alkanes of at least 4 members (excludes halogenated alkanes) is 1. The summed E-state index contributed by atoms with van der Waals surface area (Å²) in [5, 5.41) is 0. The summed E-state index contributed by atoms with van der Waals surface area (Å²) in [4.78, 5) is 0. The van der Waals surface area contributed by atoms with Crippen LogP contribution in [0, 0.1) is 0 Å². The average molecular weight is 503 g/mol. The SMILES string of the molecule is C=C[Si](C)(C)CCCOS(=O)(=O)CCCC.C=C[Si](C)(C)CCCOS(=O)(=O)OC. The van der Waals surface area contributed by atoms with E-state index in [1.165, 1.54) is 0 Å². The van der Waals surface area contributed by atoms with Crippen LogP contribution in [0.15, 0.2) is 24.6 Å². The van der Waals surface area contributed by atoms with Crippen molar-refractivity contribution in [1.29, 1.82) is 0 Å². The van der Waals surface area contributed by atoms with Gasteiger partial charge in [-0.15, -0.1) is 24.6 Å². The smallest absolute Gasteiger partial charge is 0.270 e. The van der Waals surface area contributed by atoms with Crippen LogP contribution < -0.4 is 0 Å². The lowest BCUT2D eigenvalue weighted by Crippen LogP contribution is -2.22. The summed E-state index contributed by atoms with van der Waals surface area (Å²) >= 11 is 0. The maximum atomic E-state index is 11.4. The van der Waals surface area contributed by atoms with Crippen LogP contribution in [0.5, 0.6) is 0 Å². The lowest BCUT2D eigenvalue weighted by Gasteiger charge is -2.16. The maximum absolute atomic E-state index is 11.4. The Kier molecular flexibility index (Phi) is 16.5. The summed E-state index contributed by atoms with van der Waals surface area (Å²) in [6, 6.07) is 2.00. The zero-order valence-corrected chi connectivity index (χ0v) is 23.2. The predicted octanol–water partition coefficient (Wildman–Crippen LogP) is 4.67. The molecule has 0 heterocycles. The molecule has 180 valence electrons. The lowest BCUT2D eigenvalue weighted by atomic mass is 10.4. The Morgan fingerprint density at radius 2 is 1.23 bits per heavy atom.